The van der Waals surface area contributed by atoms with Gasteiger partial charge in [0.2, 0.25) is 0 Å². The third kappa shape index (κ3) is 4.61. The number of benzene rings is 3. The van der Waals surface area contributed by atoms with Crippen LogP contribution in [0.25, 0.3) is 0 Å². The first-order valence-electron chi connectivity index (χ1n) is 9.34. The third-order valence-corrected chi connectivity index (χ3v) is 5.36. The Morgan fingerprint density at radius 2 is 1.70 bits per heavy atom. The van der Waals surface area contributed by atoms with E-state index in [0.717, 1.165) is 24.1 Å². The van der Waals surface area contributed by atoms with Gasteiger partial charge in [-0.15, -0.1) is 11.8 Å². The average Bonchev–Trinajstić information content (AvgIpc) is 2.74. The average molecular weight is 376 g/mol. The van der Waals surface area contributed by atoms with Crippen molar-refractivity contribution >= 4 is 35.1 Å². The smallest absolute Gasteiger partial charge is 0.150 e. The minimum Gasteiger partial charge on any atom is -0.310 e. The molecule has 2 nitrogen and oxygen atoms in total. The molecule has 138 valence electrons. The summed E-state index contributed by atoms with van der Waals surface area (Å²) in [6, 6.07) is 25.0. The van der Waals surface area contributed by atoms with Crippen LogP contribution < -0.4 is 4.90 Å². The summed E-state index contributed by atoms with van der Waals surface area (Å²) < 4.78 is 0. The Balaban J connectivity index is 2.13. The largest absolute Gasteiger partial charge is 0.310 e. The second-order valence-corrected chi connectivity index (χ2v) is 7.36. The van der Waals surface area contributed by atoms with Crippen LogP contribution in [0.5, 0.6) is 0 Å². The molecule has 3 heteroatoms. The van der Waals surface area contributed by atoms with Crippen molar-refractivity contribution in [1.29, 1.82) is 0 Å². The van der Waals surface area contributed by atoms with Gasteiger partial charge in [0, 0.05) is 27.5 Å². The van der Waals surface area contributed by atoms with Crippen LogP contribution in [0, 0.1) is 0 Å². The first-order chi connectivity index (χ1) is 13.3. The maximum Gasteiger partial charge on any atom is 0.150 e. The molecule has 0 aliphatic carbocycles. The van der Waals surface area contributed by atoms with E-state index >= 15 is 0 Å². The van der Waals surface area contributed by atoms with Crippen LogP contribution in [0.1, 0.15) is 35.7 Å². The van der Waals surface area contributed by atoms with Crippen molar-refractivity contribution in [3.63, 3.8) is 0 Å². The number of nitrogens with zero attached hydrogens (tertiary/aromatic N) is 1. The number of carbonyl (C=O) groups excluding carboxylic acids is 1. The lowest BCUT2D eigenvalue weighted by molar-refractivity contribution is 0.112. The lowest BCUT2D eigenvalue weighted by Gasteiger charge is -2.28. The fourth-order valence-electron chi connectivity index (χ4n) is 3.19. The van der Waals surface area contributed by atoms with E-state index in [1.165, 1.54) is 29.0 Å². The number of hydrogen-bond donors (Lipinski definition) is 0. The van der Waals surface area contributed by atoms with Crippen LogP contribution in [-0.4, -0.2) is 12.5 Å². The molecule has 0 aliphatic heterocycles. The number of para-hydroxylation sites is 1. The zero-order chi connectivity index (χ0) is 19.1. The highest BCUT2D eigenvalue weighted by Crippen LogP contribution is 2.38. The molecule has 0 amide bonds. The summed E-state index contributed by atoms with van der Waals surface area (Å²) in [6.45, 7) is 2.22. The van der Waals surface area contributed by atoms with Gasteiger partial charge >= 0.3 is 0 Å². The second kappa shape index (κ2) is 9.43. The molecule has 3 aromatic rings. The number of aldehydes is 1. The summed E-state index contributed by atoms with van der Waals surface area (Å²) in [4.78, 5) is 14.6. The van der Waals surface area contributed by atoms with Crippen molar-refractivity contribution in [3.8, 4) is 0 Å². The van der Waals surface area contributed by atoms with E-state index in [4.69, 9.17) is 0 Å². The fraction of sp³-hybridized carbons (Fsp3) is 0.208. The van der Waals surface area contributed by atoms with Crippen molar-refractivity contribution in [1.82, 2.24) is 0 Å². The molecule has 0 saturated heterocycles. The summed E-state index contributed by atoms with van der Waals surface area (Å²) in [5, 5.41) is 0. The van der Waals surface area contributed by atoms with Gasteiger partial charge in [-0.2, -0.15) is 0 Å². The molecule has 0 N–H and O–H groups in total. The van der Waals surface area contributed by atoms with Gasteiger partial charge in [-0.3, -0.25) is 4.79 Å². The van der Waals surface area contributed by atoms with Gasteiger partial charge in [0.25, 0.3) is 0 Å². The molecule has 0 radical (unpaired) electrons. The number of anilines is 3. The number of carbonyl (C=O) groups is 1. The standard InChI is InChI=1S/C24H25NOS/c1-3-4-8-20-9-5-6-12-24(20)25(21-15-13-19(18-26)14-16-21)22-10-7-11-23(17-22)27-2/h5-7,9-18H,3-4,8H2,1-2H3. The minimum atomic E-state index is 0.691. The van der Waals surface area contributed by atoms with Crippen molar-refractivity contribution in [2.45, 2.75) is 31.1 Å². The molecule has 0 fully saturated rings. The van der Waals surface area contributed by atoms with Crippen LogP contribution in [0.3, 0.4) is 0 Å². The van der Waals surface area contributed by atoms with Gasteiger partial charge in [0.15, 0.2) is 0 Å². The molecule has 0 atom stereocenters. The Bertz CT molecular complexity index is 889. The van der Waals surface area contributed by atoms with E-state index < -0.39 is 0 Å². The van der Waals surface area contributed by atoms with E-state index in [9.17, 15) is 4.79 Å². The van der Waals surface area contributed by atoms with E-state index in [1.54, 1.807) is 11.8 Å². The number of unbranched alkanes of at least 4 members (excludes halogenated alkanes) is 1. The van der Waals surface area contributed by atoms with E-state index in [1.807, 2.05) is 24.3 Å². The lowest BCUT2D eigenvalue weighted by Crippen LogP contribution is -2.12. The van der Waals surface area contributed by atoms with Crippen molar-refractivity contribution in [2.24, 2.45) is 0 Å². The first-order valence-corrected chi connectivity index (χ1v) is 10.6. The normalized spacial score (nSPS) is 10.6. The van der Waals surface area contributed by atoms with Crippen molar-refractivity contribution < 1.29 is 4.79 Å². The van der Waals surface area contributed by atoms with Crippen LogP contribution in [0.2, 0.25) is 0 Å². The minimum absolute atomic E-state index is 0.691. The molecule has 0 aliphatic rings. The Labute approximate surface area is 166 Å². The van der Waals surface area contributed by atoms with Gasteiger partial charge in [0.1, 0.15) is 6.29 Å². The third-order valence-electron chi connectivity index (χ3n) is 4.63. The number of hydrogen-bond acceptors (Lipinski definition) is 3. The van der Waals surface area contributed by atoms with Gasteiger partial charge in [0.05, 0.1) is 0 Å². The molecule has 3 aromatic carbocycles. The second-order valence-electron chi connectivity index (χ2n) is 6.48. The van der Waals surface area contributed by atoms with Crippen molar-refractivity contribution in [2.75, 3.05) is 11.2 Å². The zero-order valence-corrected chi connectivity index (χ0v) is 16.7. The summed E-state index contributed by atoms with van der Waals surface area (Å²) >= 11 is 1.74. The monoisotopic (exact) mass is 375 g/mol. The van der Waals surface area contributed by atoms with E-state index in [-0.39, 0.29) is 0 Å². The van der Waals surface area contributed by atoms with Crippen LogP contribution >= 0.6 is 11.8 Å². The predicted molar refractivity (Wildman–Crippen MR) is 117 cm³/mol. The van der Waals surface area contributed by atoms with Crippen LogP contribution in [0.4, 0.5) is 17.1 Å². The molecular weight excluding hydrogens is 350 g/mol. The fourth-order valence-corrected chi connectivity index (χ4v) is 3.64. The maximum absolute atomic E-state index is 11.1. The molecule has 0 spiro atoms. The van der Waals surface area contributed by atoms with Crippen molar-refractivity contribution in [3.05, 3.63) is 83.9 Å². The summed E-state index contributed by atoms with van der Waals surface area (Å²) in [7, 11) is 0. The SMILES string of the molecule is CCCCc1ccccc1N(c1ccc(C=O)cc1)c1cccc(SC)c1. The van der Waals surface area contributed by atoms with Gasteiger partial charge in [-0.05, 0) is 73.2 Å². The molecular formula is C24H25NOS. The predicted octanol–water partition coefficient (Wildman–Crippen LogP) is 7.03. The Morgan fingerprint density at radius 3 is 2.41 bits per heavy atom. The van der Waals surface area contributed by atoms with E-state index in [0.29, 0.717) is 5.56 Å². The van der Waals surface area contributed by atoms with Gasteiger partial charge in [-0.25, -0.2) is 0 Å². The van der Waals surface area contributed by atoms with Gasteiger partial charge < -0.3 is 4.90 Å². The number of rotatable bonds is 8. The molecule has 0 aromatic heterocycles. The highest BCUT2D eigenvalue weighted by molar-refractivity contribution is 7.98. The molecule has 0 heterocycles. The Morgan fingerprint density at radius 1 is 0.926 bits per heavy atom. The quantitative estimate of drug-likeness (QED) is 0.311. The molecule has 0 saturated carbocycles. The topological polar surface area (TPSA) is 20.3 Å². The first kappa shape index (κ1) is 19.2. The molecule has 0 bridgehead atoms. The van der Waals surface area contributed by atoms with Crippen LogP contribution in [-0.2, 0) is 6.42 Å². The van der Waals surface area contributed by atoms with Gasteiger partial charge in [-0.1, -0.05) is 37.6 Å². The maximum atomic E-state index is 11.1. The Kier molecular flexibility index (Phi) is 6.72. The van der Waals surface area contributed by atoms with E-state index in [2.05, 4.69) is 66.6 Å². The highest BCUT2D eigenvalue weighted by Gasteiger charge is 2.16. The van der Waals surface area contributed by atoms with Crippen LogP contribution in [0.15, 0.2) is 77.7 Å². The lowest BCUT2D eigenvalue weighted by atomic mass is 10.0. The zero-order valence-electron chi connectivity index (χ0n) is 15.9. The number of aryl methyl sites for hydroxylation is 1. The summed E-state index contributed by atoms with van der Waals surface area (Å²) in [6.07, 6.45) is 6.37. The molecule has 3 rings (SSSR count). The number of thioether (sulfide) groups is 1. The Hall–Kier alpha value is -2.52. The summed E-state index contributed by atoms with van der Waals surface area (Å²) in [5.41, 5.74) is 5.42. The summed E-state index contributed by atoms with van der Waals surface area (Å²) in [5.74, 6) is 0. The molecule has 0 unspecified atom stereocenters. The highest BCUT2D eigenvalue weighted by atomic mass is 32.2. The molecule has 27 heavy (non-hydrogen) atoms.